The van der Waals surface area contributed by atoms with Crippen molar-refractivity contribution >= 4 is 11.6 Å². The highest BCUT2D eigenvalue weighted by atomic mass is 16.1. The molecule has 3 N–H and O–H groups in total. The lowest BCUT2D eigenvalue weighted by molar-refractivity contribution is 0.0924. The maximum absolute atomic E-state index is 11.9. The van der Waals surface area contributed by atoms with E-state index in [9.17, 15) is 4.79 Å². The Bertz CT molecular complexity index is 398. The van der Waals surface area contributed by atoms with Crippen LogP contribution in [0.4, 0.5) is 5.69 Å². The van der Waals surface area contributed by atoms with Gasteiger partial charge in [-0.25, -0.2) is 4.98 Å². The summed E-state index contributed by atoms with van der Waals surface area (Å²) in [5, 5.41) is 2.90. The van der Waals surface area contributed by atoms with Crippen molar-refractivity contribution in [2.45, 2.75) is 13.8 Å². The molecule has 0 aliphatic carbocycles. The van der Waals surface area contributed by atoms with E-state index >= 15 is 0 Å². The van der Waals surface area contributed by atoms with E-state index in [0.29, 0.717) is 17.9 Å². The van der Waals surface area contributed by atoms with Gasteiger partial charge in [-0.05, 0) is 31.6 Å². The minimum Gasteiger partial charge on any atom is -0.397 e. The third-order valence-corrected chi connectivity index (χ3v) is 2.49. The zero-order valence-electron chi connectivity index (χ0n) is 11.5. The Morgan fingerprint density at radius 3 is 2.61 bits per heavy atom. The Hall–Kier alpha value is -1.62. The number of nitrogens with two attached hydrogens (primary N) is 1. The average Bonchev–Trinajstić information content (AvgIpc) is 2.25. The zero-order chi connectivity index (χ0) is 13.8. The Morgan fingerprint density at radius 1 is 1.44 bits per heavy atom. The number of anilines is 1. The number of hydrogen-bond acceptors (Lipinski definition) is 4. The van der Waals surface area contributed by atoms with E-state index in [-0.39, 0.29) is 11.3 Å². The molecule has 0 atom stereocenters. The summed E-state index contributed by atoms with van der Waals surface area (Å²) in [5.41, 5.74) is 6.49. The molecule has 1 heterocycles. The molecule has 0 saturated heterocycles. The summed E-state index contributed by atoms with van der Waals surface area (Å²) in [6, 6.07) is 3.30. The number of rotatable bonds is 5. The number of pyridine rings is 1. The number of nitrogen functional groups attached to an aromatic ring is 1. The summed E-state index contributed by atoms with van der Waals surface area (Å²) >= 11 is 0. The lowest BCUT2D eigenvalue weighted by atomic mass is 9.93. The van der Waals surface area contributed by atoms with Gasteiger partial charge in [-0.2, -0.15) is 0 Å². The van der Waals surface area contributed by atoms with Crippen LogP contribution in [-0.2, 0) is 0 Å². The van der Waals surface area contributed by atoms with E-state index < -0.39 is 0 Å². The molecule has 0 aromatic carbocycles. The smallest absolute Gasteiger partial charge is 0.269 e. The van der Waals surface area contributed by atoms with Crippen LogP contribution < -0.4 is 11.1 Å². The second-order valence-electron chi connectivity index (χ2n) is 5.56. The van der Waals surface area contributed by atoms with E-state index in [1.807, 2.05) is 14.1 Å². The van der Waals surface area contributed by atoms with E-state index in [0.717, 1.165) is 6.54 Å². The predicted molar refractivity (Wildman–Crippen MR) is 73.3 cm³/mol. The molecule has 1 amide bonds. The van der Waals surface area contributed by atoms with Crippen LogP contribution in [0.3, 0.4) is 0 Å². The van der Waals surface area contributed by atoms with E-state index in [1.165, 1.54) is 6.20 Å². The molecule has 5 nitrogen and oxygen atoms in total. The van der Waals surface area contributed by atoms with Crippen LogP contribution >= 0.6 is 0 Å². The molecule has 0 aliphatic heterocycles. The number of hydrogen-bond donors (Lipinski definition) is 2. The molecule has 100 valence electrons. The largest absolute Gasteiger partial charge is 0.397 e. The monoisotopic (exact) mass is 250 g/mol. The Labute approximate surface area is 108 Å². The van der Waals surface area contributed by atoms with Gasteiger partial charge in [0.2, 0.25) is 0 Å². The topological polar surface area (TPSA) is 71.2 Å². The summed E-state index contributed by atoms with van der Waals surface area (Å²) in [5.74, 6) is -0.165. The molecule has 1 aromatic rings. The van der Waals surface area contributed by atoms with Gasteiger partial charge in [-0.15, -0.1) is 0 Å². The number of carbonyl (C=O) groups is 1. The van der Waals surface area contributed by atoms with Crippen LogP contribution in [0, 0.1) is 5.41 Å². The Kier molecular flexibility index (Phi) is 4.67. The fourth-order valence-electron chi connectivity index (χ4n) is 1.86. The molecule has 0 aliphatic rings. The van der Waals surface area contributed by atoms with Crippen molar-refractivity contribution in [2.24, 2.45) is 5.41 Å². The summed E-state index contributed by atoms with van der Waals surface area (Å²) in [6.45, 7) is 5.74. The highest BCUT2D eigenvalue weighted by Gasteiger charge is 2.20. The van der Waals surface area contributed by atoms with Gasteiger partial charge in [-0.3, -0.25) is 4.79 Å². The van der Waals surface area contributed by atoms with Crippen LogP contribution in [0.1, 0.15) is 24.3 Å². The summed E-state index contributed by atoms with van der Waals surface area (Å²) in [4.78, 5) is 18.0. The fraction of sp³-hybridized carbons (Fsp3) is 0.538. The first kappa shape index (κ1) is 14.4. The zero-order valence-corrected chi connectivity index (χ0v) is 11.5. The minimum atomic E-state index is -0.165. The molecule has 0 spiro atoms. The van der Waals surface area contributed by atoms with Crippen molar-refractivity contribution in [2.75, 3.05) is 32.9 Å². The maximum atomic E-state index is 11.9. The van der Waals surface area contributed by atoms with Crippen molar-refractivity contribution in [3.63, 3.8) is 0 Å². The number of aromatic nitrogens is 1. The molecule has 0 fully saturated rings. The van der Waals surface area contributed by atoms with Crippen molar-refractivity contribution in [3.05, 3.63) is 24.0 Å². The lowest BCUT2D eigenvalue weighted by Crippen LogP contribution is -2.40. The summed E-state index contributed by atoms with van der Waals surface area (Å²) in [6.07, 6.45) is 1.49. The maximum Gasteiger partial charge on any atom is 0.269 e. The molecule has 0 radical (unpaired) electrons. The Morgan fingerprint density at radius 2 is 2.11 bits per heavy atom. The first-order chi connectivity index (χ1) is 8.30. The average molecular weight is 250 g/mol. The van der Waals surface area contributed by atoms with Crippen LogP contribution in [0.5, 0.6) is 0 Å². The lowest BCUT2D eigenvalue weighted by Gasteiger charge is -2.28. The first-order valence-electron chi connectivity index (χ1n) is 5.95. The summed E-state index contributed by atoms with van der Waals surface area (Å²) < 4.78 is 0. The molecule has 1 aromatic heterocycles. The van der Waals surface area contributed by atoms with Gasteiger partial charge < -0.3 is 16.0 Å². The second-order valence-corrected chi connectivity index (χ2v) is 5.56. The molecule has 18 heavy (non-hydrogen) atoms. The molecule has 0 saturated carbocycles. The van der Waals surface area contributed by atoms with Gasteiger partial charge in [0.15, 0.2) is 0 Å². The van der Waals surface area contributed by atoms with Crippen LogP contribution in [0.15, 0.2) is 18.3 Å². The quantitative estimate of drug-likeness (QED) is 0.817. The van der Waals surface area contributed by atoms with Crippen LogP contribution in [-0.4, -0.2) is 43.0 Å². The normalized spacial score (nSPS) is 11.6. The van der Waals surface area contributed by atoms with Gasteiger partial charge in [-0.1, -0.05) is 13.8 Å². The standard InChI is InChI=1S/C13H22N4O/c1-13(2,9-17(3)4)8-16-12(18)11-6-5-10(14)7-15-11/h5-7H,8-9,14H2,1-4H3,(H,16,18). The van der Waals surface area contributed by atoms with Gasteiger partial charge in [0.1, 0.15) is 5.69 Å². The van der Waals surface area contributed by atoms with Crippen molar-refractivity contribution in [3.8, 4) is 0 Å². The number of nitrogens with zero attached hydrogens (tertiary/aromatic N) is 2. The third kappa shape index (κ3) is 4.71. The molecule has 5 heteroatoms. The van der Waals surface area contributed by atoms with Gasteiger partial charge in [0.05, 0.1) is 11.9 Å². The molecular weight excluding hydrogens is 228 g/mol. The molecule has 0 bridgehead atoms. The third-order valence-electron chi connectivity index (χ3n) is 2.49. The highest BCUT2D eigenvalue weighted by molar-refractivity contribution is 5.92. The van der Waals surface area contributed by atoms with Crippen LogP contribution in [0.2, 0.25) is 0 Å². The minimum absolute atomic E-state index is 0.0208. The second kappa shape index (κ2) is 5.82. The van der Waals surface area contributed by atoms with E-state index in [1.54, 1.807) is 12.1 Å². The number of amides is 1. The van der Waals surface area contributed by atoms with Crippen molar-refractivity contribution in [1.29, 1.82) is 0 Å². The number of nitrogens with one attached hydrogen (secondary N) is 1. The SMILES string of the molecule is CN(C)CC(C)(C)CNC(=O)c1ccc(N)cn1. The fourth-order valence-corrected chi connectivity index (χ4v) is 1.86. The molecule has 1 rings (SSSR count). The Balaban J connectivity index is 2.53. The molecule has 0 unspecified atom stereocenters. The molecular formula is C13H22N4O. The first-order valence-corrected chi connectivity index (χ1v) is 5.95. The van der Waals surface area contributed by atoms with Crippen molar-refractivity contribution < 1.29 is 4.79 Å². The van der Waals surface area contributed by atoms with Gasteiger partial charge >= 0.3 is 0 Å². The van der Waals surface area contributed by atoms with Crippen molar-refractivity contribution in [1.82, 2.24) is 15.2 Å². The van der Waals surface area contributed by atoms with Crippen LogP contribution in [0.25, 0.3) is 0 Å². The van der Waals surface area contributed by atoms with E-state index in [2.05, 4.69) is 29.0 Å². The predicted octanol–water partition coefficient (Wildman–Crippen LogP) is 0.981. The summed E-state index contributed by atoms with van der Waals surface area (Å²) in [7, 11) is 4.04. The van der Waals surface area contributed by atoms with Gasteiger partial charge in [0.25, 0.3) is 5.91 Å². The highest BCUT2D eigenvalue weighted by Crippen LogP contribution is 2.14. The number of carbonyl (C=O) groups excluding carboxylic acids is 1. The van der Waals surface area contributed by atoms with E-state index in [4.69, 9.17) is 5.73 Å². The van der Waals surface area contributed by atoms with Gasteiger partial charge in [0, 0.05) is 13.1 Å².